The van der Waals surface area contributed by atoms with Gasteiger partial charge in [-0.2, -0.15) is 4.31 Å². The summed E-state index contributed by atoms with van der Waals surface area (Å²) in [4.78, 5) is 0.270. The molecule has 1 aliphatic heterocycles. The van der Waals surface area contributed by atoms with Gasteiger partial charge in [0, 0.05) is 24.2 Å². The number of sulfonamides is 1. The molecule has 0 aromatic heterocycles. The number of benzene rings is 1. The zero-order valence-electron chi connectivity index (χ0n) is 8.85. The Hall–Kier alpha value is -0.620. The van der Waals surface area contributed by atoms with Crippen LogP contribution in [0.4, 0.5) is 0 Å². The topological polar surface area (TPSA) is 63.4 Å². The summed E-state index contributed by atoms with van der Waals surface area (Å²) in [7, 11) is -3.42. The van der Waals surface area contributed by atoms with Crippen LogP contribution in [0.5, 0.6) is 0 Å². The summed E-state index contributed by atoms with van der Waals surface area (Å²) in [5.41, 5.74) is 6.17. The Morgan fingerprint density at radius 2 is 2.06 bits per heavy atom. The van der Waals surface area contributed by atoms with Gasteiger partial charge in [0.25, 0.3) is 0 Å². The molecule has 0 atom stereocenters. The lowest BCUT2D eigenvalue weighted by molar-refractivity contribution is 0.265. The van der Waals surface area contributed by atoms with Crippen molar-refractivity contribution in [1.29, 1.82) is 0 Å². The second-order valence-corrected chi connectivity index (χ2v) is 6.26. The average molecular weight is 261 g/mol. The summed E-state index contributed by atoms with van der Waals surface area (Å²) >= 11 is 5.91. The van der Waals surface area contributed by atoms with Crippen LogP contribution in [-0.2, 0) is 10.0 Å². The van der Waals surface area contributed by atoms with E-state index in [0.29, 0.717) is 23.7 Å². The highest BCUT2D eigenvalue weighted by Crippen LogP contribution is 2.27. The summed E-state index contributed by atoms with van der Waals surface area (Å²) in [6.07, 6.45) is 0. The van der Waals surface area contributed by atoms with Crippen molar-refractivity contribution >= 4 is 21.6 Å². The Morgan fingerprint density at radius 1 is 1.44 bits per heavy atom. The third kappa shape index (κ3) is 1.84. The number of halogens is 1. The maximum Gasteiger partial charge on any atom is 0.243 e. The first-order valence-corrected chi connectivity index (χ1v) is 6.75. The maximum atomic E-state index is 12.1. The molecule has 1 heterocycles. The Labute approximate surface area is 100 Å². The predicted octanol–water partition coefficient (Wildman–Crippen LogP) is 0.980. The van der Waals surface area contributed by atoms with Crippen molar-refractivity contribution in [3.05, 3.63) is 28.8 Å². The molecule has 0 aliphatic carbocycles. The van der Waals surface area contributed by atoms with E-state index in [2.05, 4.69) is 0 Å². The Bertz CT molecular complexity index is 510. The fourth-order valence-electron chi connectivity index (χ4n) is 1.67. The summed E-state index contributed by atoms with van der Waals surface area (Å²) in [5, 5.41) is 0.464. The summed E-state index contributed by atoms with van der Waals surface area (Å²) in [6.45, 7) is 2.47. The smallest absolute Gasteiger partial charge is 0.243 e. The van der Waals surface area contributed by atoms with Gasteiger partial charge in [-0.3, -0.25) is 0 Å². The van der Waals surface area contributed by atoms with Crippen molar-refractivity contribution in [3.8, 4) is 0 Å². The summed E-state index contributed by atoms with van der Waals surface area (Å²) in [5.74, 6) is 0. The molecule has 1 saturated heterocycles. The molecule has 4 nitrogen and oxygen atoms in total. The Balaban J connectivity index is 2.40. The van der Waals surface area contributed by atoms with E-state index in [9.17, 15) is 8.42 Å². The second kappa shape index (κ2) is 4.00. The van der Waals surface area contributed by atoms with Gasteiger partial charge in [-0.1, -0.05) is 17.7 Å². The van der Waals surface area contributed by atoms with Gasteiger partial charge in [0.1, 0.15) is 0 Å². The van der Waals surface area contributed by atoms with Crippen molar-refractivity contribution in [2.75, 3.05) is 13.1 Å². The van der Waals surface area contributed by atoms with Crippen LogP contribution in [0, 0.1) is 6.92 Å². The molecule has 0 amide bonds. The highest BCUT2D eigenvalue weighted by molar-refractivity contribution is 7.89. The zero-order valence-corrected chi connectivity index (χ0v) is 10.4. The zero-order chi connectivity index (χ0) is 11.9. The lowest BCUT2D eigenvalue weighted by atomic mass is 10.2. The van der Waals surface area contributed by atoms with Crippen LogP contribution >= 0.6 is 11.6 Å². The van der Waals surface area contributed by atoms with E-state index in [1.165, 1.54) is 4.31 Å². The highest BCUT2D eigenvalue weighted by atomic mass is 35.5. The number of nitrogens with zero attached hydrogens (tertiary/aromatic N) is 1. The molecule has 88 valence electrons. The monoisotopic (exact) mass is 260 g/mol. The molecule has 0 radical (unpaired) electrons. The number of hydrogen-bond acceptors (Lipinski definition) is 3. The van der Waals surface area contributed by atoms with E-state index in [0.717, 1.165) is 0 Å². The molecular weight excluding hydrogens is 248 g/mol. The summed E-state index contributed by atoms with van der Waals surface area (Å²) < 4.78 is 25.7. The van der Waals surface area contributed by atoms with Crippen molar-refractivity contribution in [3.63, 3.8) is 0 Å². The molecule has 1 aliphatic rings. The van der Waals surface area contributed by atoms with Crippen molar-refractivity contribution in [2.24, 2.45) is 5.73 Å². The highest BCUT2D eigenvalue weighted by Gasteiger charge is 2.35. The van der Waals surface area contributed by atoms with Crippen molar-refractivity contribution < 1.29 is 8.42 Å². The molecule has 1 fully saturated rings. The van der Waals surface area contributed by atoms with Crippen LogP contribution < -0.4 is 5.73 Å². The third-order valence-corrected chi connectivity index (χ3v) is 5.10. The van der Waals surface area contributed by atoms with Crippen LogP contribution in [0.15, 0.2) is 23.1 Å². The molecule has 0 spiro atoms. The largest absolute Gasteiger partial charge is 0.325 e. The average Bonchev–Trinajstić information content (AvgIpc) is 2.17. The summed E-state index contributed by atoms with van der Waals surface area (Å²) in [6, 6.07) is 4.84. The molecule has 1 aromatic carbocycles. The van der Waals surface area contributed by atoms with Gasteiger partial charge in [0.05, 0.1) is 4.90 Å². The normalized spacial score (nSPS) is 18.4. The first kappa shape index (κ1) is 11.9. The molecule has 1 aromatic rings. The third-order valence-electron chi connectivity index (χ3n) is 2.71. The van der Waals surface area contributed by atoms with Gasteiger partial charge in [0.2, 0.25) is 10.0 Å². The Kier molecular flexibility index (Phi) is 2.96. The van der Waals surface area contributed by atoms with Gasteiger partial charge in [-0.05, 0) is 24.6 Å². The predicted molar refractivity (Wildman–Crippen MR) is 62.9 cm³/mol. The molecule has 0 unspecified atom stereocenters. The van der Waals surface area contributed by atoms with Gasteiger partial charge in [-0.25, -0.2) is 8.42 Å². The SMILES string of the molecule is Cc1c(Cl)cccc1S(=O)(=O)N1CC(N)C1. The van der Waals surface area contributed by atoms with E-state index in [1.807, 2.05) is 0 Å². The molecule has 16 heavy (non-hydrogen) atoms. The van der Waals surface area contributed by atoms with Crippen LogP contribution in [0.2, 0.25) is 5.02 Å². The number of nitrogens with two attached hydrogens (primary N) is 1. The molecule has 0 saturated carbocycles. The van der Waals surface area contributed by atoms with Gasteiger partial charge in [-0.15, -0.1) is 0 Å². The quantitative estimate of drug-likeness (QED) is 0.862. The lowest BCUT2D eigenvalue weighted by Gasteiger charge is -2.35. The second-order valence-electron chi connectivity index (χ2n) is 3.95. The Morgan fingerprint density at radius 3 is 2.62 bits per heavy atom. The lowest BCUT2D eigenvalue weighted by Crippen LogP contribution is -2.57. The van der Waals surface area contributed by atoms with Crippen molar-refractivity contribution in [1.82, 2.24) is 4.31 Å². The fourth-order valence-corrected chi connectivity index (χ4v) is 3.70. The molecule has 0 bridgehead atoms. The number of hydrogen-bond donors (Lipinski definition) is 1. The van der Waals surface area contributed by atoms with Crippen LogP contribution in [0.1, 0.15) is 5.56 Å². The van der Waals surface area contributed by atoms with E-state index < -0.39 is 10.0 Å². The van der Waals surface area contributed by atoms with E-state index in [-0.39, 0.29) is 10.9 Å². The molecule has 2 rings (SSSR count). The minimum absolute atomic E-state index is 0.0470. The first-order valence-electron chi connectivity index (χ1n) is 4.94. The standard InChI is InChI=1S/C10H13ClN2O2S/c1-7-9(11)3-2-4-10(7)16(14,15)13-5-8(12)6-13/h2-4,8H,5-6,12H2,1H3. The van der Waals surface area contributed by atoms with Gasteiger partial charge in [0.15, 0.2) is 0 Å². The van der Waals surface area contributed by atoms with Gasteiger partial charge < -0.3 is 5.73 Å². The van der Waals surface area contributed by atoms with E-state index in [1.54, 1.807) is 25.1 Å². The number of rotatable bonds is 2. The van der Waals surface area contributed by atoms with Crippen LogP contribution in [0.25, 0.3) is 0 Å². The molecule has 2 N–H and O–H groups in total. The van der Waals surface area contributed by atoms with Gasteiger partial charge >= 0.3 is 0 Å². The van der Waals surface area contributed by atoms with E-state index in [4.69, 9.17) is 17.3 Å². The fraction of sp³-hybridized carbons (Fsp3) is 0.400. The molecule has 6 heteroatoms. The first-order chi connectivity index (χ1) is 7.43. The van der Waals surface area contributed by atoms with Crippen LogP contribution in [0.3, 0.4) is 0 Å². The minimum Gasteiger partial charge on any atom is -0.325 e. The maximum absolute atomic E-state index is 12.1. The van der Waals surface area contributed by atoms with Crippen LogP contribution in [-0.4, -0.2) is 31.9 Å². The minimum atomic E-state index is -3.42. The van der Waals surface area contributed by atoms with Crippen molar-refractivity contribution in [2.45, 2.75) is 17.9 Å². The van der Waals surface area contributed by atoms with E-state index >= 15 is 0 Å². The molecular formula is C10H13ClN2O2S.